The first-order valence-electron chi connectivity index (χ1n) is 7.31. The molecule has 0 saturated carbocycles. The summed E-state index contributed by atoms with van der Waals surface area (Å²) in [6, 6.07) is 12.9. The molecule has 0 aliphatic carbocycles. The molecule has 0 spiro atoms. The first-order valence-corrected chi connectivity index (χ1v) is 9.93. The van der Waals surface area contributed by atoms with Gasteiger partial charge in [-0.2, -0.15) is 0 Å². The Morgan fingerprint density at radius 1 is 0.944 bits per heavy atom. The molecule has 0 bridgehead atoms. The van der Waals surface area contributed by atoms with Crippen molar-refractivity contribution in [2.24, 2.45) is 5.92 Å². The molecule has 2 heteroatoms. The zero-order valence-electron chi connectivity index (χ0n) is 12.6. The van der Waals surface area contributed by atoms with Crippen LogP contribution in [0.25, 0.3) is 0 Å². The lowest BCUT2D eigenvalue weighted by Crippen LogP contribution is -2.45. The molecule has 1 aromatic rings. The lowest BCUT2D eigenvalue weighted by atomic mass is 10.2. The zero-order valence-corrected chi connectivity index (χ0v) is 13.6. The van der Waals surface area contributed by atoms with Crippen LogP contribution in [0, 0.1) is 5.92 Å². The summed E-state index contributed by atoms with van der Waals surface area (Å²) in [7, 11) is -1.22. The van der Waals surface area contributed by atoms with E-state index in [9.17, 15) is 0 Å². The molecule has 18 heavy (non-hydrogen) atoms. The molecule has 0 unspecified atom stereocenters. The van der Waals surface area contributed by atoms with Crippen molar-refractivity contribution in [2.75, 3.05) is 6.61 Å². The third-order valence-electron chi connectivity index (χ3n) is 4.08. The molecule has 102 valence electrons. The van der Waals surface area contributed by atoms with Gasteiger partial charge in [-0.25, -0.2) is 0 Å². The highest BCUT2D eigenvalue weighted by atomic mass is 28.3. The summed E-state index contributed by atoms with van der Waals surface area (Å²) in [5.41, 5.74) is 0. The van der Waals surface area contributed by atoms with Gasteiger partial charge in [0, 0.05) is 0 Å². The molecular weight excluding hydrogens is 236 g/mol. The highest BCUT2D eigenvalue weighted by Gasteiger charge is 2.28. The van der Waals surface area contributed by atoms with Gasteiger partial charge in [0.25, 0.3) is 0 Å². The van der Waals surface area contributed by atoms with E-state index in [0.29, 0.717) is 5.92 Å². The maximum Gasteiger partial charge on any atom is 0.119 e. The smallest absolute Gasteiger partial charge is 0.119 e. The van der Waals surface area contributed by atoms with Crippen LogP contribution in [0.3, 0.4) is 0 Å². The normalized spacial score (nSPS) is 11.9. The van der Waals surface area contributed by atoms with Crippen molar-refractivity contribution in [2.45, 2.75) is 52.8 Å². The molecule has 0 fully saturated rings. The summed E-state index contributed by atoms with van der Waals surface area (Å²) in [6.45, 7) is 12.2. The minimum absolute atomic E-state index is 0.583. The number of hydrogen-bond donors (Lipinski definition) is 0. The Morgan fingerprint density at radius 3 is 1.83 bits per heavy atom. The Kier molecular flexibility index (Phi) is 5.93. The van der Waals surface area contributed by atoms with Crippen molar-refractivity contribution in [3.05, 3.63) is 24.3 Å². The molecule has 1 nitrogen and oxygen atoms in total. The van der Waals surface area contributed by atoms with Crippen molar-refractivity contribution in [3.63, 3.8) is 0 Å². The largest absolute Gasteiger partial charge is 0.493 e. The van der Waals surface area contributed by atoms with Gasteiger partial charge in [-0.3, -0.25) is 0 Å². The first kappa shape index (κ1) is 15.3. The molecule has 0 saturated heterocycles. The van der Waals surface area contributed by atoms with Crippen LogP contribution >= 0.6 is 0 Å². The van der Waals surface area contributed by atoms with Crippen LogP contribution in [0.5, 0.6) is 5.75 Å². The van der Waals surface area contributed by atoms with Crippen molar-refractivity contribution in [3.8, 4) is 5.75 Å². The highest BCUT2D eigenvalue weighted by Crippen LogP contribution is 2.21. The standard InChI is InChI=1S/C16H28OSi/c1-6-18(7-2,8-3)16-11-9-15(10-12-16)17-13-14(4)5/h9-12,14H,6-8,13H2,1-5H3. The third-order valence-corrected chi connectivity index (χ3v) is 9.70. The fraction of sp³-hybridized carbons (Fsp3) is 0.625. The monoisotopic (exact) mass is 264 g/mol. The molecule has 0 N–H and O–H groups in total. The predicted octanol–water partition coefficient (Wildman–Crippen LogP) is 4.44. The van der Waals surface area contributed by atoms with Crippen LogP contribution < -0.4 is 9.92 Å². The van der Waals surface area contributed by atoms with Gasteiger partial charge in [0.05, 0.1) is 14.7 Å². The molecule has 0 atom stereocenters. The summed E-state index contributed by atoms with van der Waals surface area (Å²) >= 11 is 0. The summed E-state index contributed by atoms with van der Waals surface area (Å²) in [6.07, 6.45) is 0. The minimum Gasteiger partial charge on any atom is -0.493 e. The van der Waals surface area contributed by atoms with Crippen LogP contribution in [-0.4, -0.2) is 14.7 Å². The van der Waals surface area contributed by atoms with E-state index in [0.717, 1.165) is 12.4 Å². The first-order chi connectivity index (χ1) is 8.57. The van der Waals surface area contributed by atoms with Gasteiger partial charge >= 0.3 is 0 Å². The number of rotatable bonds is 7. The van der Waals surface area contributed by atoms with Crippen LogP contribution in [0.4, 0.5) is 0 Å². The van der Waals surface area contributed by atoms with Gasteiger partial charge in [0.15, 0.2) is 0 Å². The number of benzene rings is 1. The Hall–Kier alpha value is -0.763. The maximum atomic E-state index is 5.75. The Morgan fingerprint density at radius 2 is 1.44 bits per heavy atom. The summed E-state index contributed by atoms with van der Waals surface area (Å²) in [4.78, 5) is 0. The maximum absolute atomic E-state index is 5.75. The van der Waals surface area contributed by atoms with E-state index < -0.39 is 8.07 Å². The van der Waals surface area contributed by atoms with Gasteiger partial charge < -0.3 is 4.74 Å². The van der Waals surface area contributed by atoms with E-state index in [2.05, 4.69) is 58.9 Å². The quantitative estimate of drug-likeness (QED) is 0.662. The van der Waals surface area contributed by atoms with Gasteiger partial charge in [-0.05, 0) is 18.1 Å². The number of ether oxygens (including phenoxy) is 1. The van der Waals surface area contributed by atoms with Crippen LogP contribution in [-0.2, 0) is 0 Å². The van der Waals surface area contributed by atoms with Crippen LogP contribution in [0.15, 0.2) is 24.3 Å². The average Bonchev–Trinajstić information content (AvgIpc) is 2.40. The van der Waals surface area contributed by atoms with Crippen LogP contribution in [0.1, 0.15) is 34.6 Å². The molecule has 0 amide bonds. The lowest BCUT2D eigenvalue weighted by molar-refractivity contribution is 0.271. The Labute approximate surface area is 114 Å². The molecule has 0 aliphatic heterocycles. The van der Waals surface area contributed by atoms with Gasteiger partial charge in [0.2, 0.25) is 0 Å². The van der Waals surface area contributed by atoms with E-state index >= 15 is 0 Å². The molecule has 0 aromatic heterocycles. The summed E-state index contributed by atoms with van der Waals surface area (Å²) in [5, 5.41) is 1.59. The van der Waals surface area contributed by atoms with Gasteiger partial charge in [-0.15, -0.1) is 0 Å². The second-order valence-electron chi connectivity index (χ2n) is 5.57. The van der Waals surface area contributed by atoms with Gasteiger partial charge in [0.1, 0.15) is 5.75 Å². The predicted molar refractivity (Wildman–Crippen MR) is 83.6 cm³/mol. The molecular formula is C16H28OSi. The lowest BCUT2D eigenvalue weighted by Gasteiger charge is -2.28. The van der Waals surface area contributed by atoms with E-state index in [1.165, 1.54) is 18.1 Å². The van der Waals surface area contributed by atoms with Gasteiger partial charge in [-0.1, -0.05) is 70.1 Å². The highest BCUT2D eigenvalue weighted by molar-refractivity contribution is 6.91. The van der Waals surface area contributed by atoms with Crippen LogP contribution in [0.2, 0.25) is 18.1 Å². The fourth-order valence-electron chi connectivity index (χ4n) is 2.53. The molecule has 1 aromatic carbocycles. The van der Waals surface area contributed by atoms with E-state index in [1.54, 1.807) is 5.19 Å². The number of hydrogen-bond acceptors (Lipinski definition) is 1. The second-order valence-corrected chi connectivity index (χ2v) is 10.8. The molecule has 1 rings (SSSR count). The Bertz CT molecular complexity index is 330. The third kappa shape index (κ3) is 3.61. The summed E-state index contributed by atoms with van der Waals surface area (Å²) < 4.78 is 5.75. The SMILES string of the molecule is CC[Si](CC)(CC)c1ccc(OCC(C)C)cc1. The minimum atomic E-state index is -1.22. The summed E-state index contributed by atoms with van der Waals surface area (Å²) in [5.74, 6) is 1.60. The molecule has 0 aliphatic rings. The second kappa shape index (κ2) is 6.98. The average molecular weight is 264 g/mol. The fourth-order valence-corrected chi connectivity index (χ4v) is 6.13. The molecule has 0 heterocycles. The van der Waals surface area contributed by atoms with Crippen molar-refractivity contribution < 1.29 is 4.74 Å². The zero-order chi connectivity index (χ0) is 13.6. The van der Waals surface area contributed by atoms with Crippen molar-refractivity contribution >= 4 is 13.3 Å². The van der Waals surface area contributed by atoms with E-state index in [1.807, 2.05) is 0 Å². The van der Waals surface area contributed by atoms with Crippen molar-refractivity contribution in [1.82, 2.24) is 0 Å². The van der Waals surface area contributed by atoms with E-state index in [-0.39, 0.29) is 0 Å². The van der Waals surface area contributed by atoms with E-state index in [4.69, 9.17) is 4.74 Å². The molecule has 0 radical (unpaired) electrons. The van der Waals surface area contributed by atoms with Crippen molar-refractivity contribution in [1.29, 1.82) is 0 Å². The topological polar surface area (TPSA) is 9.23 Å². The Balaban J connectivity index is 2.81.